The first kappa shape index (κ1) is 22.0. The van der Waals surface area contributed by atoms with Gasteiger partial charge in [0, 0.05) is 31.1 Å². The fourth-order valence-electron chi connectivity index (χ4n) is 4.93. The minimum absolute atomic E-state index is 0.200. The first-order valence-electron chi connectivity index (χ1n) is 11.2. The molecule has 172 valence electrons. The van der Waals surface area contributed by atoms with Crippen molar-refractivity contribution < 1.29 is 19.5 Å². The maximum Gasteiger partial charge on any atom is 0.256 e. The summed E-state index contributed by atoms with van der Waals surface area (Å²) in [4.78, 5) is 45.0. The number of nitrogens with one attached hydrogen (secondary N) is 1. The Balaban J connectivity index is 1.27. The van der Waals surface area contributed by atoms with Crippen LogP contribution in [-0.4, -0.2) is 56.7 Å². The van der Waals surface area contributed by atoms with Crippen molar-refractivity contribution in [1.82, 2.24) is 20.1 Å². The van der Waals surface area contributed by atoms with Crippen LogP contribution in [0.2, 0.25) is 5.02 Å². The molecule has 3 aliphatic heterocycles. The highest BCUT2D eigenvalue weighted by atomic mass is 35.5. The summed E-state index contributed by atoms with van der Waals surface area (Å²) in [5.41, 5.74) is 1.64. The molecule has 2 N–H and O–H groups in total. The summed E-state index contributed by atoms with van der Waals surface area (Å²) in [6.45, 7) is 2.39. The fourth-order valence-corrected chi connectivity index (χ4v) is 5.14. The van der Waals surface area contributed by atoms with E-state index in [2.05, 4.69) is 15.2 Å². The van der Waals surface area contributed by atoms with Crippen molar-refractivity contribution >= 4 is 29.3 Å². The van der Waals surface area contributed by atoms with E-state index in [9.17, 15) is 19.5 Å². The first-order chi connectivity index (χ1) is 15.8. The molecule has 2 fully saturated rings. The standard InChI is InChI=1S/C24H25ClN4O4/c25-16-3-1-2-15(12-16)13-28-10-8-24(33,9-11-28)20-6-4-17-18(26-20)14-29(23(17)32)19-5-7-21(30)27-22(19)31/h1-4,6,12,19,33H,5,7-11,13-14H2,(H,27,30,31). The number of carbonyl (C=O) groups is 3. The van der Waals surface area contributed by atoms with Crippen LogP contribution in [0.1, 0.15) is 53.0 Å². The average Bonchev–Trinajstić information content (AvgIpc) is 3.11. The molecule has 33 heavy (non-hydrogen) atoms. The number of pyridine rings is 1. The highest BCUT2D eigenvalue weighted by Gasteiger charge is 2.41. The van der Waals surface area contributed by atoms with Gasteiger partial charge in [0.25, 0.3) is 5.91 Å². The van der Waals surface area contributed by atoms with Crippen LogP contribution in [0.25, 0.3) is 0 Å². The molecule has 8 nitrogen and oxygen atoms in total. The zero-order valence-corrected chi connectivity index (χ0v) is 18.8. The van der Waals surface area contributed by atoms with Gasteiger partial charge in [-0.25, -0.2) is 0 Å². The highest BCUT2D eigenvalue weighted by Crippen LogP contribution is 2.35. The smallest absolute Gasteiger partial charge is 0.256 e. The van der Waals surface area contributed by atoms with Gasteiger partial charge in [0.2, 0.25) is 11.8 Å². The van der Waals surface area contributed by atoms with E-state index in [1.54, 1.807) is 12.1 Å². The lowest BCUT2D eigenvalue weighted by Gasteiger charge is -2.38. The molecular weight excluding hydrogens is 444 g/mol. The Hall–Kier alpha value is -2.81. The van der Waals surface area contributed by atoms with Gasteiger partial charge in [-0.05, 0) is 49.1 Å². The lowest BCUT2D eigenvalue weighted by molar-refractivity contribution is -0.136. The van der Waals surface area contributed by atoms with E-state index in [0.29, 0.717) is 54.3 Å². The molecule has 1 atom stereocenters. The van der Waals surface area contributed by atoms with E-state index < -0.39 is 17.6 Å². The summed E-state index contributed by atoms with van der Waals surface area (Å²) in [6, 6.07) is 10.5. The molecule has 0 radical (unpaired) electrons. The van der Waals surface area contributed by atoms with Crippen LogP contribution < -0.4 is 5.32 Å². The van der Waals surface area contributed by atoms with E-state index in [-0.39, 0.29) is 24.8 Å². The lowest BCUT2D eigenvalue weighted by Crippen LogP contribution is -2.52. The molecule has 0 saturated carbocycles. The van der Waals surface area contributed by atoms with Crippen molar-refractivity contribution in [3.63, 3.8) is 0 Å². The third-order valence-electron chi connectivity index (χ3n) is 6.83. The Labute approximate surface area is 196 Å². The summed E-state index contributed by atoms with van der Waals surface area (Å²) >= 11 is 6.09. The Bertz CT molecular complexity index is 1130. The monoisotopic (exact) mass is 468 g/mol. The normalized spacial score (nSPS) is 22.9. The van der Waals surface area contributed by atoms with Crippen molar-refractivity contribution in [3.05, 3.63) is 63.9 Å². The fraction of sp³-hybridized carbons (Fsp3) is 0.417. The van der Waals surface area contributed by atoms with Gasteiger partial charge >= 0.3 is 0 Å². The maximum absolute atomic E-state index is 12.9. The van der Waals surface area contributed by atoms with Crippen LogP contribution in [-0.2, 0) is 28.3 Å². The van der Waals surface area contributed by atoms with Gasteiger partial charge in [0.05, 0.1) is 23.5 Å². The van der Waals surface area contributed by atoms with Gasteiger partial charge in [-0.1, -0.05) is 23.7 Å². The zero-order chi connectivity index (χ0) is 23.2. The molecule has 4 heterocycles. The number of likely N-dealkylation sites (tertiary alicyclic amines) is 1. The van der Waals surface area contributed by atoms with Gasteiger partial charge in [-0.2, -0.15) is 0 Å². The summed E-state index contributed by atoms with van der Waals surface area (Å²) < 4.78 is 0. The SMILES string of the molecule is O=C1CCC(N2Cc3nc(C4(O)CCN(Cc5cccc(Cl)c5)CC4)ccc3C2=O)C(=O)N1. The summed E-state index contributed by atoms with van der Waals surface area (Å²) in [5, 5.41) is 14.4. The number of aromatic nitrogens is 1. The van der Waals surface area contributed by atoms with Gasteiger partial charge < -0.3 is 10.0 Å². The molecule has 2 saturated heterocycles. The number of piperidine rings is 2. The van der Waals surface area contributed by atoms with Crippen molar-refractivity contribution in [2.24, 2.45) is 0 Å². The van der Waals surface area contributed by atoms with E-state index in [0.717, 1.165) is 12.1 Å². The molecule has 1 aromatic carbocycles. The molecule has 0 bridgehead atoms. The maximum atomic E-state index is 12.9. The Morgan fingerprint density at radius 2 is 1.94 bits per heavy atom. The van der Waals surface area contributed by atoms with Crippen molar-refractivity contribution in [2.45, 2.75) is 50.4 Å². The summed E-state index contributed by atoms with van der Waals surface area (Å²) in [6.07, 6.45) is 1.58. The highest BCUT2D eigenvalue weighted by molar-refractivity contribution is 6.30. The first-order valence-corrected chi connectivity index (χ1v) is 11.5. The molecule has 3 amide bonds. The number of hydrogen-bond donors (Lipinski definition) is 2. The van der Waals surface area contributed by atoms with Crippen LogP contribution in [0.5, 0.6) is 0 Å². The molecule has 3 aliphatic rings. The second-order valence-electron chi connectivity index (χ2n) is 9.03. The quantitative estimate of drug-likeness (QED) is 0.665. The minimum Gasteiger partial charge on any atom is -0.383 e. The van der Waals surface area contributed by atoms with Crippen LogP contribution in [0.4, 0.5) is 0 Å². The topological polar surface area (TPSA) is 103 Å². The molecule has 5 rings (SSSR count). The number of nitrogens with zero attached hydrogens (tertiary/aromatic N) is 3. The van der Waals surface area contributed by atoms with Crippen molar-refractivity contribution in [3.8, 4) is 0 Å². The van der Waals surface area contributed by atoms with Crippen LogP contribution in [0, 0.1) is 0 Å². The number of hydrogen-bond acceptors (Lipinski definition) is 6. The number of imide groups is 1. The Kier molecular flexibility index (Phi) is 5.68. The van der Waals surface area contributed by atoms with Crippen molar-refractivity contribution in [2.75, 3.05) is 13.1 Å². The molecule has 1 unspecified atom stereocenters. The number of carbonyl (C=O) groups excluding carboxylic acids is 3. The van der Waals surface area contributed by atoms with Gasteiger partial charge in [0.1, 0.15) is 11.6 Å². The van der Waals surface area contributed by atoms with Crippen LogP contribution in [0.3, 0.4) is 0 Å². The largest absolute Gasteiger partial charge is 0.383 e. The van der Waals surface area contributed by atoms with Gasteiger partial charge in [-0.3, -0.25) is 29.6 Å². The average molecular weight is 469 g/mol. The minimum atomic E-state index is -1.06. The predicted octanol–water partition coefficient (Wildman–Crippen LogP) is 1.98. The Morgan fingerprint density at radius 1 is 1.15 bits per heavy atom. The number of benzene rings is 1. The summed E-state index contributed by atoms with van der Waals surface area (Å²) in [7, 11) is 0. The van der Waals surface area contributed by atoms with E-state index in [1.165, 1.54) is 4.90 Å². The number of amides is 3. The van der Waals surface area contributed by atoms with Gasteiger partial charge in [-0.15, -0.1) is 0 Å². The van der Waals surface area contributed by atoms with E-state index >= 15 is 0 Å². The van der Waals surface area contributed by atoms with Crippen LogP contribution in [0.15, 0.2) is 36.4 Å². The lowest BCUT2D eigenvalue weighted by atomic mass is 9.87. The molecular formula is C24H25ClN4O4. The van der Waals surface area contributed by atoms with Crippen molar-refractivity contribution in [1.29, 1.82) is 0 Å². The molecule has 0 spiro atoms. The number of fused-ring (bicyclic) bond motifs is 1. The molecule has 1 aromatic heterocycles. The molecule has 9 heteroatoms. The third kappa shape index (κ3) is 4.26. The molecule has 0 aliphatic carbocycles. The zero-order valence-electron chi connectivity index (χ0n) is 18.1. The second-order valence-corrected chi connectivity index (χ2v) is 9.46. The van der Waals surface area contributed by atoms with E-state index in [4.69, 9.17) is 11.6 Å². The predicted molar refractivity (Wildman–Crippen MR) is 120 cm³/mol. The second kappa shape index (κ2) is 8.52. The van der Waals surface area contributed by atoms with E-state index in [1.807, 2.05) is 24.3 Å². The van der Waals surface area contributed by atoms with Crippen LogP contribution >= 0.6 is 11.6 Å². The summed E-state index contributed by atoms with van der Waals surface area (Å²) in [5.74, 6) is -1.02. The number of aliphatic hydroxyl groups is 1. The number of rotatable bonds is 4. The number of halogens is 1. The Morgan fingerprint density at radius 3 is 2.67 bits per heavy atom. The molecule has 2 aromatic rings. The van der Waals surface area contributed by atoms with Gasteiger partial charge in [0.15, 0.2) is 0 Å². The third-order valence-corrected chi connectivity index (χ3v) is 7.06.